The molecule has 1 aliphatic heterocycles. The normalized spacial score (nSPS) is 12.0. The van der Waals surface area contributed by atoms with Crippen molar-refractivity contribution >= 4 is 84.0 Å². The molecule has 0 radical (unpaired) electrons. The zero-order chi connectivity index (χ0) is 49.0. The Morgan fingerprint density at radius 2 is 0.716 bits per heavy atom. The standard InChI is InChI=1S/C68H46N6/c1-3-19-49(20-4-1)71(53-23-17-25-55(45-53)73-63-33-13-7-27-57(63)58-28-8-14-34-64(58)73)51-41-37-47(38-42-51)67-68(70-62-32-12-11-31-61(62)69-67)48-39-43-52(44-40-48)72(50-21-5-2-6-22-50)54-24-18-26-56(46-54)74-65-35-15-9-29-59(65)60-30-10-16-36-66(60)74/h1-46H/p+1. The van der Waals surface area contributed by atoms with Gasteiger partial charge in [-0.15, -0.1) is 0 Å². The van der Waals surface area contributed by atoms with Gasteiger partial charge in [0.05, 0.1) is 39.1 Å². The predicted molar refractivity (Wildman–Crippen MR) is 306 cm³/mol. The van der Waals surface area contributed by atoms with Gasteiger partial charge in [-0.1, -0.05) is 146 Å². The van der Waals surface area contributed by atoms with E-state index in [0.717, 1.165) is 73.4 Å². The number of nitrogens with zero attached hydrogens (tertiary/aromatic N) is 5. The molecule has 0 unspecified atom stereocenters. The van der Waals surface area contributed by atoms with Crippen LogP contribution in [0.15, 0.2) is 279 Å². The highest BCUT2D eigenvalue weighted by Gasteiger charge is 2.33. The van der Waals surface area contributed by atoms with Crippen LogP contribution >= 0.6 is 0 Å². The van der Waals surface area contributed by atoms with E-state index in [2.05, 4.69) is 269 Å². The number of rotatable bonds is 10. The smallest absolute Gasteiger partial charge is 0.149 e. The third-order valence-electron chi connectivity index (χ3n) is 14.4. The number of fused-ring (bicyclic) bond motifs is 7. The summed E-state index contributed by atoms with van der Waals surface area (Å²) in [4.78, 5) is 16.6. The van der Waals surface area contributed by atoms with Gasteiger partial charge in [0, 0.05) is 91.4 Å². The van der Waals surface area contributed by atoms with Gasteiger partial charge in [0.1, 0.15) is 17.1 Å². The van der Waals surface area contributed by atoms with Gasteiger partial charge in [-0.05, 0) is 109 Å². The molecule has 2 aromatic heterocycles. The van der Waals surface area contributed by atoms with Crippen molar-refractivity contribution in [1.29, 1.82) is 0 Å². The molecule has 0 atom stereocenters. The van der Waals surface area contributed by atoms with Crippen LogP contribution in [-0.4, -0.2) is 14.5 Å². The second-order valence-corrected chi connectivity index (χ2v) is 18.8. The molecule has 0 saturated heterocycles. The van der Waals surface area contributed by atoms with Gasteiger partial charge in [-0.25, -0.2) is 14.9 Å². The molecule has 3 heterocycles. The van der Waals surface area contributed by atoms with Crippen molar-refractivity contribution in [2.75, 3.05) is 9.80 Å². The lowest BCUT2D eigenvalue weighted by Gasteiger charge is -2.26. The topological polar surface area (TPSA) is 41.6 Å². The molecular weight excluding hydrogens is 901 g/mol. The Labute approximate surface area is 429 Å². The second kappa shape index (κ2) is 18.1. The molecule has 0 fully saturated rings. The van der Waals surface area contributed by atoms with Gasteiger partial charge in [0.25, 0.3) is 0 Å². The fraction of sp³-hybridized carbons (Fsp3) is 0. The van der Waals surface area contributed by atoms with Crippen LogP contribution < -0.4 is 14.7 Å². The van der Waals surface area contributed by atoms with Gasteiger partial charge >= 0.3 is 0 Å². The maximum absolute atomic E-state index is 5.34. The third kappa shape index (κ3) is 7.40. The van der Waals surface area contributed by atoms with E-state index >= 15 is 0 Å². The number of benzene rings is 11. The fourth-order valence-electron chi connectivity index (χ4n) is 11.1. The molecule has 13 aromatic rings. The quantitative estimate of drug-likeness (QED) is 0.148. The first-order valence-electron chi connectivity index (χ1n) is 25.2. The first-order valence-corrected chi connectivity index (χ1v) is 25.2. The van der Waals surface area contributed by atoms with E-state index in [1.165, 1.54) is 54.9 Å². The van der Waals surface area contributed by atoms with E-state index in [1.807, 2.05) is 24.3 Å². The van der Waals surface area contributed by atoms with Crippen molar-refractivity contribution < 1.29 is 4.90 Å². The molecule has 0 aliphatic carbocycles. The Hall–Kier alpha value is -9.88. The van der Waals surface area contributed by atoms with Gasteiger partial charge in [0.2, 0.25) is 0 Å². The molecule has 6 heteroatoms. The number of aromatic nitrogens is 3. The maximum Gasteiger partial charge on any atom is 0.149 e. The molecule has 14 rings (SSSR count). The van der Waals surface area contributed by atoms with Gasteiger partial charge in [0.15, 0.2) is 0 Å². The summed E-state index contributed by atoms with van der Waals surface area (Å²) < 4.78 is 2.37. The molecule has 0 saturated carbocycles. The van der Waals surface area contributed by atoms with Crippen LogP contribution in [0.4, 0.5) is 51.2 Å². The predicted octanol–water partition coefficient (Wildman–Crippen LogP) is 17.2. The Morgan fingerprint density at radius 1 is 0.311 bits per heavy atom. The summed E-state index contributed by atoms with van der Waals surface area (Å²) >= 11 is 0. The minimum atomic E-state index is 0.824. The van der Waals surface area contributed by atoms with Crippen molar-refractivity contribution in [3.8, 4) is 39.3 Å². The zero-order valence-corrected chi connectivity index (χ0v) is 40.3. The van der Waals surface area contributed by atoms with Crippen molar-refractivity contribution in [1.82, 2.24) is 14.5 Å². The van der Waals surface area contributed by atoms with Crippen molar-refractivity contribution in [2.45, 2.75) is 0 Å². The maximum atomic E-state index is 5.34. The average molecular weight is 948 g/mol. The molecule has 348 valence electrons. The highest BCUT2D eigenvalue weighted by molar-refractivity contribution is 6.09. The van der Waals surface area contributed by atoms with Crippen LogP contribution in [0.3, 0.4) is 0 Å². The van der Waals surface area contributed by atoms with E-state index in [1.54, 1.807) is 0 Å². The van der Waals surface area contributed by atoms with Crippen LogP contribution in [0, 0.1) is 0 Å². The van der Waals surface area contributed by atoms with E-state index in [4.69, 9.17) is 9.97 Å². The third-order valence-corrected chi connectivity index (χ3v) is 14.4. The van der Waals surface area contributed by atoms with Gasteiger partial charge in [-0.2, -0.15) is 0 Å². The molecular formula is C68H47N6+. The average Bonchev–Trinajstić information content (AvgIpc) is 4.00. The summed E-state index contributed by atoms with van der Waals surface area (Å²) in [5.74, 6) is 0. The van der Waals surface area contributed by atoms with Crippen LogP contribution in [0.5, 0.6) is 0 Å². The molecule has 6 nitrogen and oxygen atoms in total. The van der Waals surface area contributed by atoms with Crippen LogP contribution in [0.2, 0.25) is 0 Å². The Morgan fingerprint density at radius 3 is 1.24 bits per heavy atom. The lowest BCUT2D eigenvalue weighted by Crippen LogP contribution is -2.95. The van der Waals surface area contributed by atoms with Crippen LogP contribution in [0.1, 0.15) is 0 Å². The largest absolute Gasteiger partial charge is 0.310 e. The lowest BCUT2D eigenvalue weighted by atomic mass is 10.0. The first kappa shape index (κ1) is 43.0. The second-order valence-electron chi connectivity index (χ2n) is 18.8. The minimum absolute atomic E-state index is 0.824. The lowest BCUT2D eigenvalue weighted by molar-refractivity contribution is -0.677. The number of quaternary nitrogens is 1. The van der Waals surface area contributed by atoms with Gasteiger partial charge in [-0.3, -0.25) is 0 Å². The summed E-state index contributed by atoms with van der Waals surface area (Å²) in [6, 6.07) is 99.5. The minimum Gasteiger partial charge on any atom is -0.310 e. The highest BCUT2D eigenvalue weighted by Crippen LogP contribution is 2.43. The summed E-state index contributed by atoms with van der Waals surface area (Å²) in [5.41, 5.74) is 21.4. The molecule has 11 aromatic carbocycles. The fourth-order valence-corrected chi connectivity index (χ4v) is 11.1. The molecule has 0 bridgehead atoms. The zero-order valence-electron chi connectivity index (χ0n) is 40.3. The van der Waals surface area contributed by atoms with E-state index < -0.39 is 0 Å². The molecule has 1 N–H and O–H groups in total. The van der Waals surface area contributed by atoms with Crippen molar-refractivity contribution in [2.24, 2.45) is 0 Å². The molecule has 1 aliphatic rings. The van der Waals surface area contributed by atoms with Crippen molar-refractivity contribution in [3.05, 3.63) is 279 Å². The summed E-state index contributed by atoms with van der Waals surface area (Å²) in [6.45, 7) is 0. The summed E-state index contributed by atoms with van der Waals surface area (Å²) in [6.07, 6.45) is 0. The van der Waals surface area contributed by atoms with Crippen LogP contribution in [0.25, 0.3) is 72.2 Å². The molecule has 0 spiro atoms. The number of hydrogen-bond acceptors (Lipinski definition) is 4. The summed E-state index contributed by atoms with van der Waals surface area (Å²) in [5, 5.41) is 2.48. The van der Waals surface area contributed by atoms with E-state index in [9.17, 15) is 0 Å². The first-order chi connectivity index (χ1) is 36.7. The number of nitrogens with one attached hydrogen (secondary N) is 1. The SMILES string of the molecule is c1ccc(N(c2ccc(-c3nc4ccccc4nc3-c3ccc(N(c4ccccc4)c4cccc([NH+]5c6ccccc6-c6ccccc65)c4)cc3)cc2)c2cccc(-n3c4ccccc4c4ccccc43)c2)cc1. The van der Waals surface area contributed by atoms with Gasteiger partial charge < -0.3 is 14.4 Å². The van der Waals surface area contributed by atoms with E-state index in [0.29, 0.717) is 0 Å². The summed E-state index contributed by atoms with van der Waals surface area (Å²) in [7, 11) is 0. The van der Waals surface area contributed by atoms with E-state index in [-0.39, 0.29) is 0 Å². The Kier molecular flexibility index (Phi) is 10.5. The Bertz CT molecular complexity index is 4110. The number of anilines is 6. The highest BCUT2D eigenvalue weighted by atomic mass is 15.2. The molecule has 0 amide bonds. The monoisotopic (exact) mass is 947 g/mol. The Balaban J connectivity index is 0.836. The van der Waals surface area contributed by atoms with Crippen molar-refractivity contribution in [3.63, 3.8) is 0 Å². The number of para-hydroxylation sites is 8. The van der Waals surface area contributed by atoms with Crippen LogP contribution in [-0.2, 0) is 0 Å². The molecule has 74 heavy (non-hydrogen) atoms. The number of hydrogen-bond donors (Lipinski definition) is 1.